The summed E-state index contributed by atoms with van der Waals surface area (Å²) >= 11 is 0. The molecular formula is C17H21NO4. The Hall–Kier alpha value is -2.17. The average Bonchev–Trinajstić information content (AvgIpc) is 2.53. The third kappa shape index (κ3) is 4.41. The Morgan fingerprint density at radius 3 is 2.59 bits per heavy atom. The quantitative estimate of drug-likeness (QED) is 0.618. The first kappa shape index (κ1) is 16.2. The van der Waals surface area contributed by atoms with Gasteiger partial charge in [-0.15, -0.1) is 0 Å². The van der Waals surface area contributed by atoms with E-state index in [1.165, 1.54) is 6.92 Å². The summed E-state index contributed by atoms with van der Waals surface area (Å²) in [6, 6.07) is 8.63. The minimum absolute atomic E-state index is 0.0159. The number of ketones is 1. The minimum atomic E-state index is -0.428. The van der Waals surface area contributed by atoms with Crippen LogP contribution in [0.4, 0.5) is 0 Å². The molecule has 22 heavy (non-hydrogen) atoms. The molecule has 1 heterocycles. The Morgan fingerprint density at radius 2 is 1.91 bits per heavy atom. The molecule has 1 aromatic rings. The standard InChI is InChI=1S/C17H21NO4/c1-13(19)18-10-6-5-9-15(18)11-17(21)22-12-16(20)14-7-3-2-4-8-14/h2-4,7-8,15H,5-6,9-12H2,1H3. The molecule has 1 saturated heterocycles. The molecular weight excluding hydrogens is 282 g/mol. The second-order valence-corrected chi connectivity index (χ2v) is 5.52. The SMILES string of the molecule is CC(=O)N1CCCCC1CC(=O)OCC(=O)c1ccccc1. The van der Waals surface area contributed by atoms with E-state index in [4.69, 9.17) is 4.74 Å². The lowest BCUT2D eigenvalue weighted by Gasteiger charge is -2.34. The molecule has 1 amide bonds. The highest BCUT2D eigenvalue weighted by molar-refractivity contribution is 5.97. The predicted octanol–water partition coefficient (Wildman–Crippen LogP) is 2.20. The zero-order valence-electron chi connectivity index (χ0n) is 12.8. The number of hydrogen-bond donors (Lipinski definition) is 0. The molecule has 0 radical (unpaired) electrons. The Morgan fingerprint density at radius 1 is 1.18 bits per heavy atom. The molecule has 1 fully saturated rings. The highest BCUT2D eigenvalue weighted by Crippen LogP contribution is 2.20. The highest BCUT2D eigenvalue weighted by atomic mass is 16.5. The van der Waals surface area contributed by atoms with E-state index in [0.29, 0.717) is 12.1 Å². The van der Waals surface area contributed by atoms with E-state index in [-0.39, 0.29) is 30.8 Å². The van der Waals surface area contributed by atoms with Crippen LogP contribution in [0.2, 0.25) is 0 Å². The monoisotopic (exact) mass is 303 g/mol. The molecule has 118 valence electrons. The number of rotatable bonds is 5. The number of Topliss-reactive ketones (excluding diaryl/α,β-unsaturated/α-hetero) is 1. The van der Waals surface area contributed by atoms with Crippen molar-refractivity contribution in [1.82, 2.24) is 4.90 Å². The maximum Gasteiger partial charge on any atom is 0.308 e. The second-order valence-electron chi connectivity index (χ2n) is 5.52. The third-order valence-corrected chi connectivity index (χ3v) is 3.89. The van der Waals surface area contributed by atoms with Crippen LogP contribution in [0.3, 0.4) is 0 Å². The molecule has 0 N–H and O–H groups in total. The van der Waals surface area contributed by atoms with E-state index >= 15 is 0 Å². The molecule has 1 aliphatic rings. The zero-order valence-corrected chi connectivity index (χ0v) is 12.8. The summed E-state index contributed by atoms with van der Waals surface area (Å²) in [5, 5.41) is 0. The Bertz CT molecular complexity index is 541. The number of esters is 1. The number of ether oxygens (including phenoxy) is 1. The van der Waals surface area contributed by atoms with Gasteiger partial charge in [0.05, 0.1) is 6.42 Å². The van der Waals surface area contributed by atoms with E-state index in [1.54, 1.807) is 29.2 Å². The van der Waals surface area contributed by atoms with Crippen LogP contribution in [-0.4, -0.2) is 41.8 Å². The van der Waals surface area contributed by atoms with Crippen molar-refractivity contribution in [2.24, 2.45) is 0 Å². The van der Waals surface area contributed by atoms with Crippen LogP contribution in [0.1, 0.15) is 43.0 Å². The molecule has 5 nitrogen and oxygen atoms in total. The fourth-order valence-corrected chi connectivity index (χ4v) is 2.73. The van der Waals surface area contributed by atoms with Gasteiger partial charge in [0.25, 0.3) is 0 Å². The van der Waals surface area contributed by atoms with Crippen LogP contribution >= 0.6 is 0 Å². The number of hydrogen-bond acceptors (Lipinski definition) is 4. The summed E-state index contributed by atoms with van der Waals surface area (Å²) in [4.78, 5) is 37.1. The number of carbonyl (C=O) groups is 3. The van der Waals surface area contributed by atoms with Crippen molar-refractivity contribution >= 4 is 17.7 Å². The van der Waals surface area contributed by atoms with Gasteiger partial charge in [0.1, 0.15) is 0 Å². The first-order valence-electron chi connectivity index (χ1n) is 7.59. The van der Waals surface area contributed by atoms with E-state index in [1.807, 2.05) is 6.07 Å². The lowest BCUT2D eigenvalue weighted by molar-refractivity contribution is -0.145. The molecule has 0 aromatic heterocycles. The van der Waals surface area contributed by atoms with Crippen molar-refractivity contribution in [3.8, 4) is 0 Å². The van der Waals surface area contributed by atoms with Crippen LogP contribution in [0, 0.1) is 0 Å². The maximum absolute atomic E-state index is 11.9. The van der Waals surface area contributed by atoms with E-state index in [0.717, 1.165) is 19.3 Å². The molecule has 0 bridgehead atoms. The first-order chi connectivity index (χ1) is 10.6. The fraction of sp³-hybridized carbons (Fsp3) is 0.471. The summed E-state index contributed by atoms with van der Waals surface area (Å²) in [7, 11) is 0. The highest BCUT2D eigenvalue weighted by Gasteiger charge is 2.27. The van der Waals surface area contributed by atoms with Gasteiger partial charge in [-0.2, -0.15) is 0 Å². The van der Waals surface area contributed by atoms with Crippen molar-refractivity contribution in [2.75, 3.05) is 13.2 Å². The summed E-state index contributed by atoms with van der Waals surface area (Å²) < 4.78 is 5.06. The smallest absolute Gasteiger partial charge is 0.308 e. The van der Waals surface area contributed by atoms with Gasteiger partial charge in [-0.05, 0) is 19.3 Å². The summed E-state index contributed by atoms with van der Waals surface area (Å²) in [6.45, 7) is 1.95. The van der Waals surface area contributed by atoms with Gasteiger partial charge in [-0.25, -0.2) is 0 Å². The normalized spacial score (nSPS) is 17.9. The van der Waals surface area contributed by atoms with Gasteiger partial charge in [0.15, 0.2) is 12.4 Å². The Labute approximate surface area is 130 Å². The molecule has 2 rings (SSSR count). The fourth-order valence-electron chi connectivity index (χ4n) is 2.73. The van der Waals surface area contributed by atoms with Crippen molar-refractivity contribution < 1.29 is 19.1 Å². The van der Waals surface area contributed by atoms with Gasteiger partial charge in [0, 0.05) is 25.1 Å². The lowest BCUT2D eigenvalue weighted by atomic mass is 9.99. The average molecular weight is 303 g/mol. The number of benzene rings is 1. The Balaban J connectivity index is 1.82. The Kier molecular flexibility index (Phi) is 5.69. The number of carbonyl (C=O) groups excluding carboxylic acids is 3. The summed E-state index contributed by atoms with van der Waals surface area (Å²) in [6.07, 6.45) is 2.94. The number of nitrogens with zero attached hydrogens (tertiary/aromatic N) is 1. The third-order valence-electron chi connectivity index (χ3n) is 3.89. The number of amides is 1. The van der Waals surface area contributed by atoms with Crippen molar-refractivity contribution in [1.29, 1.82) is 0 Å². The van der Waals surface area contributed by atoms with Gasteiger partial charge in [-0.1, -0.05) is 30.3 Å². The van der Waals surface area contributed by atoms with Crippen LogP contribution in [0.25, 0.3) is 0 Å². The molecule has 0 aliphatic carbocycles. The van der Waals surface area contributed by atoms with E-state index in [2.05, 4.69) is 0 Å². The topological polar surface area (TPSA) is 63.7 Å². The van der Waals surface area contributed by atoms with Gasteiger partial charge in [-0.3, -0.25) is 14.4 Å². The van der Waals surface area contributed by atoms with Crippen LogP contribution in [0.15, 0.2) is 30.3 Å². The summed E-state index contributed by atoms with van der Waals surface area (Å²) in [5.41, 5.74) is 0.526. The largest absolute Gasteiger partial charge is 0.457 e. The first-order valence-corrected chi connectivity index (χ1v) is 7.59. The minimum Gasteiger partial charge on any atom is -0.457 e. The van der Waals surface area contributed by atoms with Crippen LogP contribution in [0.5, 0.6) is 0 Å². The van der Waals surface area contributed by atoms with Gasteiger partial charge >= 0.3 is 5.97 Å². The molecule has 1 atom stereocenters. The predicted molar refractivity (Wildman–Crippen MR) is 81.4 cm³/mol. The van der Waals surface area contributed by atoms with Crippen LogP contribution < -0.4 is 0 Å². The number of piperidine rings is 1. The number of likely N-dealkylation sites (tertiary alicyclic amines) is 1. The zero-order chi connectivity index (χ0) is 15.9. The molecule has 0 saturated carbocycles. The van der Waals surface area contributed by atoms with E-state index in [9.17, 15) is 14.4 Å². The second kappa shape index (κ2) is 7.73. The summed E-state index contributed by atoms with van der Waals surface area (Å²) in [5.74, 6) is -0.665. The van der Waals surface area contributed by atoms with Crippen LogP contribution in [-0.2, 0) is 14.3 Å². The molecule has 0 spiro atoms. The molecule has 1 aromatic carbocycles. The van der Waals surface area contributed by atoms with Gasteiger partial charge in [0.2, 0.25) is 5.91 Å². The maximum atomic E-state index is 11.9. The molecule has 1 unspecified atom stereocenters. The van der Waals surface area contributed by atoms with Gasteiger partial charge < -0.3 is 9.64 Å². The molecule has 5 heteroatoms. The van der Waals surface area contributed by atoms with Crippen molar-refractivity contribution in [2.45, 2.75) is 38.6 Å². The van der Waals surface area contributed by atoms with E-state index < -0.39 is 5.97 Å². The van der Waals surface area contributed by atoms with Crippen molar-refractivity contribution in [3.63, 3.8) is 0 Å². The lowest BCUT2D eigenvalue weighted by Crippen LogP contribution is -2.43. The molecule has 1 aliphatic heterocycles. The van der Waals surface area contributed by atoms with Crippen molar-refractivity contribution in [3.05, 3.63) is 35.9 Å².